The molecule has 5 nitrogen and oxygen atoms in total. The average Bonchev–Trinajstić information content (AvgIpc) is 2.76. The number of carbonyl (C=O) groups is 1. The Bertz CT molecular complexity index is 548. The summed E-state index contributed by atoms with van der Waals surface area (Å²) in [5.41, 5.74) is 3.34. The summed E-state index contributed by atoms with van der Waals surface area (Å²) in [5.74, 6) is -0.241. The van der Waals surface area contributed by atoms with Gasteiger partial charge in [0.25, 0.3) is 0 Å². The number of benzene rings is 1. The zero-order valence-corrected chi connectivity index (χ0v) is 10.6. The molecule has 1 aromatic heterocycles. The molecule has 0 aliphatic carbocycles. The van der Waals surface area contributed by atoms with E-state index in [2.05, 4.69) is 33.2 Å². The number of aryl methyl sites for hydroxylation is 1. The molecule has 18 heavy (non-hydrogen) atoms. The van der Waals surface area contributed by atoms with Gasteiger partial charge < -0.3 is 14.6 Å². The minimum absolute atomic E-state index is 0.241. The molecule has 0 spiro atoms. The Labute approximate surface area is 106 Å². The first-order chi connectivity index (χ1) is 8.70. The fourth-order valence-corrected chi connectivity index (χ4v) is 1.83. The van der Waals surface area contributed by atoms with Crippen molar-refractivity contribution in [1.82, 2.24) is 14.9 Å². The molecule has 0 bridgehead atoms. The third-order valence-corrected chi connectivity index (χ3v) is 2.88. The number of nitrogens with zero attached hydrogens (tertiary/aromatic N) is 2. The second-order valence-electron chi connectivity index (χ2n) is 4.18. The smallest absolute Gasteiger partial charge is 0.319 e. The van der Waals surface area contributed by atoms with E-state index in [4.69, 9.17) is 0 Å². The normalized spacial score (nSPS) is 10.8. The van der Waals surface area contributed by atoms with Gasteiger partial charge in [0.1, 0.15) is 0 Å². The number of fused-ring (bicyclic) bond motifs is 1. The molecule has 5 heteroatoms. The highest BCUT2D eigenvalue weighted by atomic mass is 16.5. The minimum Gasteiger partial charge on any atom is -0.468 e. The zero-order chi connectivity index (χ0) is 13.0. The average molecular weight is 247 g/mol. The van der Waals surface area contributed by atoms with E-state index in [0.717, 1.165) is 24.0 Å². The first-order valence-corrected chi connectivity index (χ1v) is 5.88. The van der Waals surface area contributed by atoms with Crippen LogP contribution in [0.15, 0.2) is 24.5 Å². The second-order valence-corrected chi connectivity index (χ2v) is 4.18. The summed E-state index contributed by atoms with van der Waals surface area (Å²) in [4.78, 5) is 15.2. The first kappa shape index (κ1) is 12.6. The fourth-order valence-electron chi connectivity index (χ4n) is 1.83. The lowest BCUT2D eigenvalue weighted by Gasteiger charge is -2.04. The molecule has 0 aliphatic rings. The van der Waals surface area contributed by atoms with Crippen molar-refractivity contribution >= 4 is 17.0 Å². The zero-order valence-electron chi connectivity index (χ0n) is 10.6. The molecule has 0 amide bonds. The number of imidazole rings is 1. The van der Waals surface area contributed by atoms with Crippen LogP contribution in [0.3, 0.4) is 0 Å². The first-order valence-electron chi connectivity index (χ1n) is 5.88. The molecule has 0 fully saturated rings. The lowest BCUT2D eigenvalue weighted by molar-refractivity contribution is -0.139. The summed E-state index contributed by atoms with van der Waals surface area (Å²) in [6.45, 7) is 0.996. The standard InChI is InChI=1S/C13H17N3O2/c1-16-9-15-11-7-10(3-4-12(11)16)5-6-14-8-13(17)18-2/h3-4,7,9,14H,5-6,8H2,1-2H3. The molecule has 0 saturated heterocycles. The van der Waals surface area contributed by atoms with Crippen LogP contribution in [-0.4, -0.2) is 35.7 Å². The quantitative estimate of drug-likeness (QED) is 0.629. The van der Waals surface area contributed by atoms with Crippen LogP contribution in [0.1, 0.15) is 5.56 Å². The largest absolute Gasteiger partial charge is 0.468 e. The summed E-state index contributed by atoms with van der Waals surface area (Å²) in [5, 5.41) is 3.04. The third kappa shape index (κ3) is 2.87. The van der Waals surface area contributed by atoms with E-state index in [1.807, 2.05) is 17.9 Å². The van der Waals surface area contributed by atoms with Crippen LogP contribution in [0.2, 0.25) is 0 Å². The van der Waals surface area contributed by atoms with E-state index in [1.165, 1.54) is 12.7 Å². The molecule has 2 rings (SSSR count). The number of aromatic nitrogens is 2. The monoisotopic (exact) mass is 247 g/mol. The molecule has 0 unspecified atom stereocenters. The molecule has 0 atom stereocenters. The topological polar surface area (TPSA) is 56.1 Å². The Morgan fingerprint density at radius 2 is 2.33 bits per heavy atom. The lowest BCUT2D eigenvalue weighted by Crippen LogP contribution is -2.25. The summed E-state index contributed by atoms with van der Waals surface area (Å²) in [7, 11) is 3.37. The van der Waals surface area contributed by atoms with Crippen molar-refractivity contribution in [2.24, 2.45) is 7.05 Å². The van der Waals surface area contributed by atoms with Gasteiger partial charge in [0.05, 0.1) is 31.0 Å². The van der Waals surface area contributed by atoms with E-state index < -0.39 is 0 Å². The van der Waals surface area contributed by atoms with E-state index >= 15 is 0 Å². The molecule has 1 aromatic carbocycles. The van der Waals surface area contributed by atoms with Crippen LogP contribution in [0.4, 0.5) is 0 Å². The van der Waals surface area contributed by atoms with Crippen LogP contribution >= 0.6 is 0 Å². The van der Waals surface area contributed by atoms with Crippen molar-refractivity contribution < 1.29 is 9.53 Å². The van der Waals surface area contributed by atoms with E-state index in [9.17, 15) is 4.79 Å². The molecule has 0 aliphatic heterocycles. The Morgan fingerprint density at radius 1 is 1.50 bits per heavy atom. The molecule has 2 aromatic rings. The van der Waals surface area contributed by atoms with Gasteiger partial charge in [0.2, 0.25) is 0 Å². The number of esters is 1. The number of rotatable bonds is 5. The van der Waals surface area contributed by atoms with Crippen LogP contribution in [-0.2, 0) is 23.0 Å². The molecule has 0 radical (unpaired) electrons. The van der Waals surface area contributed by atoms with E-state index in [-0.39, 0.29) is 12.5 Å². The number of ether oxygens (including phenoxy) is 1. The number of hydrogen-bond acceptors (Lipinski definition) is 4. The molecule has 96 valence electrons. The summed E-state index contributed by atoms with van der Waals surface area (Å²) in [6, 6.07) is 6.23. The third-order valence-electron chi connectivity index (χ3n) is 2.88. The van der Waals surface area contributed by atoms with Crippen molar-refractivity contribution in [3.05, 3.63) is 30.1 Å². The number of nitrogens with one attached hydrogen (secondary N) is 1. The van der Waals surface area contributed by atoms with Crippen LogP contribution in [0.25, 0.3) is 11.0 Å². The highest BCUT2D eigenvalue weighted by Crippen LogP contribution is 2.13. The van der Waals surface area contributed by atoms with Crippen LogP contribution < -0.4 is 5.32 Å². The maximum absolute atomic E-state index is 10.9. The molecule has 1 N–H and O–H groups in total. The number of methoxy groups -OCH3 is 1. The van der Waals surface area contributed by atoms with Gasteiger partial charge in [0, 0.05) is 7.05 Å². The summed E-state index contributed by atoms with van der Waals surface area (Å²) < 4.78 is 6.54. The van der Waals surface area contributed by atoms with Gasteiger partial charge in [-0.05, 0) is 30.7 Å². The maximum Gasteiger partial charge on any atom is 0.319 e. The van der Waals surface area contributed by atoms with Gasteiger partial charge in [-0.1, -0.05) is 6.07 Å². The molecule has 1 heterocycles. The fraction of sp³-hybridized carbons (Fsp3) is 0.385. The van der Waals surface area contributed by atoms with E-state index in [1.54, 1.807) is 0 Å². The van der Waals surface area contributed by atoms with Gasteiger partial charge in [-0.2, -0.15) is 0 Å². The predicted octanol–water partition coefficient (Wildman–Crippen LogP) is 0.878. The predicted molar refractivity (Wildman–Crippen MR) is 69.3 cm³/mol. The highest BCUT2D eigenvalue weighted by molar-refractivity contribution is 5.76. The van der Waals surface area contributed by atoms with Gasteiger partial charge in [0.15, 0.2) is 0 Å². The molecule has 0 saturated carbocycles. The lowest BCUT2D eigenvalue weighted by atomic mass is 10.1. The van der Waals surface area contributed by atoms with Crippen LogP contribution in [0, 0.1) is 0 Å². The van der Waals surface area contributed by atoms with Crippen LogP contribution in [0.5, 0.6) is 0 Å². The van der Waals surface area contributed by atoms with Crippen molar-refractivity contribution in [2.75, 3.05) is 20.2 Å². The Balaban J connectivity index is 1.90. The highest BCUT2D eigenvalue weighted by Gasteiger charge is 2.02. The second kappa shape index (κ2) is 5.64. The SMILES string of the molecule is COC(=O)CNCCc1ccc2c(c1)ncn2C. The number of hydrogen-bond donors (Lipinski definition) is 1. The van der Waals surface area contributed by atoms with Gasteiger partial charge in [-0.3, -0.25) is 4.79 Å². The molecular formula is C13H17N3O2. The number of carbonyl (C=O) groups excluding carboxylic acids is 1. The van der Waals surface area contributed by atoms with E-state index in [0.29, 0.717) is 0 Å². The Kier molecular flexibility index (Phi) is 3.94. The molecular weight excluding hydrogens is 230 g/mol. The van der Waals surface area contributed by atoms with Crippen molar-refractivity contribution in [3.8, 4) is 0 Å². The van der Waals surface area contributed by atoms with Crippen molar-refractivity contribution in [3.63, 3.8) is 0 Å². The maximum atomic E-state index is 10.9. The van der Waals surface area contributed by atoms with Gasteiger partial charge >= 0.3 is 5.97 Å². The summed E-state index contributed by atoms with van der Waals surface area (Å²) >= 11 is 0. The Morgan fingerprint density at radius 3 is 3.11 bits per heavy atom. The summed E-state index contributed by atoms with van der Waals surface area (Å²) in [6.07, 6.45) is 2.67. The van der Waals surface area contributed by atoms with Gasteiger partial charge in [-0.25, -0.2) is 4.98 Å². The van der Waals surface area contributed by atoms with Crippen molar-refractivity contribution in [1.29, 1.82) is 0 Å². The van der Waals surface area contributed by atoms with Gasteiger partial charge in [-0.15, -0.1) is 0 Å². The minimum atomic E-state index is -0.241. The Hall–Kier alpha value is -1.88. The van der Waals surface area contributed by atoms with Crippen molar-refractivity contribution in [2.45, 2.75) is 6.42 Å².